The standard InChI is InChI=1S/C14H15N3O3S/c18-13(19)7-10-3-1-2-4-12(10)17-14(20)15-6-5-11-8-21-9-16-11/h1-4,8-9H,5-7H2,(H,18,19)(H2,15,17,20). The summed E-state index contributed by atoms with van der Waals surface area (Å²) in [6.07, 6.45) is 0.531. The molecule has 110 valence electrons. The van der Waals surface area contributed by atoms with E-state index < -0.39 is 5.97 Å². The van der Waals surface area contributed by atoms with Gasteiger partial charge in [0.15, 0.2) is 0 Å². The summed E-state index contributed by atoms with van der Waals surface area (Å²) < 4.78 is 0. The van der Waals surface area contributed by atoms with Crippen molar-refractivity contribution >= 4 is 29.0 Å². The number of amides is 2. The van der Waals surface area contributed by atoms with Gasteiger partial charge < -0.3 is 15.7 Å². The molecule has 3 N–H and O–H groups in total. The number of hydrogen-bond acceptors (Lipinski definition) is 4. The molecule has 0 aliphatic carbocycles. The first kappa shape index (κ1) is 15.0. The Bertz CT molecular complexity index is 614. The number of rotatable bonds is 6. The number of hydrogen-bond donors (Lipinski definition) is 3. The zero-order valence-electron chi connectivity index (χ0n) is 11.2. The van der Waals surface area contributed by atoms with Gasteiger partial charge in [-0.25, -0.2) is 9.78 Å². The minimum atomic E-state index is -0.937. The Balaban J connectivity index is 1.86. The van der Waals surface area contributed by atoms with Crippen molar-refractivity contribution in [2.24, 2.45) is 0 Å². The summed E-state index contributed by atoms with van der Waals surface area (Å²) in [6, 6.07) is 6.49. The molecule has 2 amide bonds. The molecule has 0 atom stereocenters. The lowest BCUT2D eigenvalue weighted by atomic mass is 10.1. The van der Waals surface area contributed by atoms with Crippen molar-refractivity contribution in [3.05, 3.63) is 46.4 Å². The monoisotopic (exact) mass is 305 g/mol. The number of carbonyl (C=O) groups is 2. The Hall–Kier alpha value is -2.41. The maximum atomic E-state index is 11.8. The highest BCUT2D eigenvalue weighted by atomic mass is 32.1. The fourth-order valence-corrected chi connectivity index (χ4v) is 2.38. The van der Waals surface area contributed by atoms with Crippen LogP contribution in [0.5, 0.6) is 0 Å². The number of aromatic nitrogens is 1. The van der Waals surface area contributed by atoms with E-state index in [-0.39, 0.29) is 12.5 Å². The first-order valence-electron chi connectivity index (χ1n) is 6.37. The maximum absolute atomic E-state index is 11.8. The van der Waals surface area contributed by atoms with Crippen LogP contribution in [0.4, 0.5) is 10.5 Å². The highest BCUT2D eigenvalue weighted by Crippen LogP contribution is 2.15. The molecular formula is C14H15N3O3S. The lowest BCUT2D eigenvalue weighted by Crippen LogP contribution is -2.31. The molecule has 0 aliphatic rings. The van der Waals surface area contributed by atoms with E-state index in [1.807, 2.05) is 5.38 Å². The second kappa shape index (κ2) is 7.39. The molecule has 0 fully saturated rings. The summed E-state index contributed by atoms with van der Waals surface area (Å²) in [5.41, 5.74) is 3.76. The van der Waals surface area contributed by atoms with Gasteiger partial charge in [0.2, 0.25) is 0 Å². The first-order valence-corrected chi connectivity index (χ1v) is 7.31. The summed E-state index contributed by atoms with van der Waals surface area (Å²) in [4.78, 5) is 26.7. The van der Waals surface area contributed by atoms with E-state index in [0.29, 0.717) is 24.2 Å². The van der Waals surface area contributed by atoms with Gasteiger partial charge in [-0.3, -0.25) is 4.79 Å². The minimum Gasteiger partial charge on any atom is -0.481 e. The smallest absolute Gasteiger partial charge is 0.319 e. The van der Waals surface area contributed by atoms with Gasteiger partial charge >= 0.3 is 12.0 Å². The van der Waals surface area contributed by atoms with Crippen molar-refractivity contribution in [1.82, 2.24) is 10.3 Å². The molecule has 0 bridgehead atoms. The third kappa shape index (κ3) is 4.88. The predicted octanol–water partition coefficient (Wildman–Crippen LogP) is 2.13. The van der Waals surface area contributed by atoms with Crippen LogP contribution in [0, 0.1) is 0 Å². The fraction of sp³-hybridized carbons (Fsp3) is 0.214. The third-order valence-corrected chi connectivity index (χ3v) is 3.39. The molecule has 0 radical (unpaired) electrons. The molecule has 6 nitrogen and oxygen atoms in total. The van der Waals surface area contributed by atoms with Crippen LogP contribution in [0.15, 0.2) is 35.2 Å². The van der Waals surface area contributed by atoms with Crippen LogP contribution in [0.1, 0.15) is 11.3 Å². The van der Waals surface area contributed by atoms with Gasteiger partial charge in [-0.2, -0.15) is 0 Å². The molecule has 0 unspecified atom stereocenters. The lowest BCUT2D eigenvalue weighted by Gasteiger charge is -2.10. The minimum absolute atomic E-state index is 0.130. The Morgan fingerprint density at radius 1 is 1.29 bits per heavy atom. The molecule has 2 aromatic rings. The molecule has 0 spiro atoms. The van der Waals surface area contributed by atoms with Gasteiger partial charge in [-0.1, -0.05) is 18.2 Å². The highest BCUT2D eigenvalue weighted by Gasteiger charge is 2.09. The summed E-state index contributed by atoms with van der Waals surface area (Å²) in [6.45, 7) is 0.469. The van der Waals surface area contributed by atoms with Crippen molar-refractivity contribution in [2.75, 3.05) is 11.9 Å². The van der Waals surface area contributed by atoms with E-state index >= 15 is 0 Å². The number of nitrogens with one attached hydrogen (secondary N) is 2. The molecule has 2 rings (SSSR count). The third-order valence-electron chi connectivity index (χ3n) is 2.76. The number of urea groups is 1. The van der Waals surface area contributed by atoms with Crippen molar-refractivity contribution in [2.45, 2.75) is 12.8 Å². The highest BCUT2D eigenvalue weighted by molar-refractivity contribution is 7.07. The Morgan fingerprint density at radius 3 is 2.81 bits per heavy atom. The van der Waals surface area contributed by atoms with E-state index in [2.05, 4.69) is 15.6 Å². The van der Waals surface area contributed by atoms with Crippen LogP contribution in [-0.2, 0) is 17.6 Å². The van der Waals surface area contributed by atoms with Crippen LogP contribution in [0.2, 0.25) is 0 Å². The number of para-hydroxylation sites is 1. The van der Waals surface area contributed by atoms with E-state index in [4.69, 9.17) is 5.11 Å². The maximum Gasteiger partial charge on any atom is 0.319 e. The van der Waals surface area contributed by atoms with E-state index in [1.165, 1.54) is 11.3 Å². The topological polar surface area (TPSA) is 91.3 Å². The van der Waals surface area contributed by atoms with Crippen molar-refractivity contribution in [3.8, 4) is 0 Å². The second-order valence-electron chi connectivity index (χ2n) is 4.34. The zero-order chi connectivity index (χ0) is 15.1. The van der Waals surface area contributed by atoms with Gasteiger partial charge in [0.05, 0.1) is 17.6 Å². The Labute approximate surface area is 125 Å². The van der Waals surface area contributed by atoms with Gasteiger partial charge in [-0.05, 0) is 11.6 Å². The van der Waals surface area contributed by atoms with Gasteiger partial charge in [0.25, 0.3) is 0 Å². The Kier molecular flexibility index (Phi) is 5.28. The first-order chi connectivity index (χ1) is 10.1. The number of benzene rings is 1. The summed E-state index contributed by atoms with van der Waals surface area (Å²) in [5, 5.41) is 16.2. The molecule has 21 heavy (non-hydrogen) atoms. The second-order valence-corrected chi connectivity index (χ2v) is 5.06. The normalized spacial score (nSPS) is 10.1. The molecule has 1 aromatic heterocycles. The summed E-state index contributed by atoms with van der Waals surface area (Å²) >= 11 is 1.51. The average molecular weight is 305 g/mol. The van der Waals surface area contributed by atoms with Crippen molar-refractivity contribution in [3.63, 3.8) is 0 Å². The SMILES string of the molecule is O=C(O)Cc1ccccc1NC(=O)NCCc1cscn1. The molecule has 0 saturated heterocycles. The zero-order valence-corrected chi connectivity index (χ0v) is 12.0. The van der Waals surface area contributed by atoms with Crippen LogP contribution < -0.4 is 10.6 Å². The number of aliphatic carboxylic acids is 1. The molecule has 1 heterocycles. The largest absolute Gasteiger partial charge is 0.481 e. The lowest BCUT2D eigenvalue weighted by molar-refractivity contribution is -0.136. The van der Waals surface area contributed by atoms with Crippen molar-refractivity contribution in [1.29, 1.82) is 0 Å². The number of carbonyl (C=O) groups excluding carboxylic acids is 1. The van der Waals surface area contributed by atoms with E-state index in [1.54, 1.807) is 29.8 Å². The Morgan fingerprint density at radius 2 is 2.10 bits per heavy atom. The quantitative estimate of drug-likeness (QED) is 0.762. The summed E-state index contributed by atoms with van der Waals surface area (Å²) in [5.74, 6) is -0.937. The predicted molar refractivity (Wildman–Crippen MR) is 80.6 cm³/mol. The molecule has 0 aliphatic heterocycles. The van der Waals surface area contributed by atoms with E-state index in [9.17, 15) is 9.59 Å². The fourth-order valence-electron chi connectivity index (χ4n) is 1.79. The van der Waals surface area contributed by atoms with Gasteiger partial charge in [0.1, 0.15) is 0 Å². The van der Waals surface area contributed by atoms with Crippen LogP contribution in [0.3, 0.4) is 0 Å². The molecule has 1 aromatic carbocycles. The number of anilines is 1. The van der Waals surface area contributed by atoms with Crippen LogP contribution >= 0.6 is 11.3 Å². The number of nitrogens with zero attached hydrogens (tertiary/aromatic N) is 1. The van der Waals surface area contributed by atoms with Crippen LogP contribution in [-0.4, -0.2) is 28.6 Å². The van der Waals surface area contributed by atoms with Gasteiger partial charge in [0, 0.05) is 24.0 Å². The van der Waals surface area contributed by atoms with Crippen LogP contribution in [0.25, 0.3) is 0 Å². The number of carboxylic acid groups (broad SMARTS) is 1. The molecule has 7 heteroatoms. The number of carboxylic acids is 1. The molecule has 0 saturated carbocycles. The van der Waals surface area contributed by atoms with Crippen molar-refractivity contribution < 1.29 is 14.7 Å². The van der Waals surface area contributed by atoms with E-state index in [0.717, 1.165) is 5.69 Å². The molecular weight excluding hydrogens is 290 g/mol. The van der Waals surface area contributed by atoms with Gasteiger partial charge in [-0.15, -0.1) is 11.3 Å². The summed E-state index contributed by atoms with van der Waals surface area (Å²) in [7, 11) is 0. The average Bonchev–Trinajstić information content (AvgIpc) is 2.93. The number of thiazole rings is 1.